The van der Waals surface area contributed by atoms with Gasteiger partial charge < -0.3 is 4.90 Å². The van der Waals surface area contributed by atoms with Crippen LogP contribution in [0.1, 0.15) is 6.42 Å². The highest BCUT2D eigenvalue weighted by Crippen LogP contribution is 2.07. The Balaban J connectivity index is 2.10. The molecule has 0 spiro atoms. The fourth-order valence-corrected chi connectivity index (χ4v) is 1.33. The summed E-state index contributed by atoms with van der Waals surface area (Å²) in [6, 6.07) is 0. The van der Waals surface area contributed by atoms with E-state index in [1.54, 1.807) is 12.5 Å². The molecule has 3 nitrogen and oxygen atoms in total. The Bertz CT molecular complexity index is 251. The molecule has 0 aliphatic carbocycles. The average molecular weight is 167 g/mol. The van der Waals surface area contributed by atoms with Crippen LogP contribution in [0.3, 0.4) is 0 Å². The zero-order chi connectivity index (χ0) is 7.68. The van der Waals surface area contributed by atoms with Crippen LogP contribution in [0.2, 0.25) is 0 Å². The third-order valence-corrected chi connectivity index (χ3v) is 2.32. The zero-order valence-corrected chi connectivity index (χ0v) is 6.92. The van der Waals surface area contributed by atoms with Crippen LogP contribution >= 0.6 is 12.2 Å². The van der Waals surface area contributed by atoms with Crippen LogP contribution in [0.25, 0.3) is 0 Å². The summed E-state index contributed by atoms with van der Waals surface area (Å²) in [7, 11) is 0. The highest BCUT2D eigenvalue weighted by atomic mass is 32.1. The second-order valence-electron chi connectivity index (χ2n) is 2.59. The third kappa shape index (κ3) is 1.14. The molecule has 2 rings (SSSR count). The van der Waals surface area contributed by atoms with Gasteiger partial charge >= 0.3 is 0 Å². The van der Waals surface area contributed by atoms with Gasteiger partial charge in [0.2, 0.25) is 0 Å². The van der Waals surface area contributed by atoms with Gasteiger partial charge in [-0.05, 0) is 18.6 Å². The molecule has 0 unspecified atom stereocenters. The first-order chi connectivity index (χ1) is 5.38. The van der Waals surface area contributed by atoms with E-state index in [4.69, 9.17) is 12.2 Å². The van der Waals surface area contributed by atoms with Crippen molar-refractivity contribution in [1.29, 1.82) is 0 Å². The quantitative estimate of drug-likeness (QED) is 0.531. The van der Waals surface area contributed by atoms with Gasteiger partial charge in [-0.25, -0.2) is 4.98 Å². The summed E-state index contributed by atoms with van der Waals surface area (Å²) in [5, 5.41) is 0.869. The molecule has 11 heavy (non-hydrogen) atoms. The largest absolute Gasteiger partial charge is 0.348 e. The summed E-state index contributed by atoms with van der Waals surface area (Å²) in [6.07, 6.45) is 6.61. The van der Waals surface area contributed by atoms with Crippen molar-refractivity contribution in [3.05, 3.63) is 18.7 Å². The van der Waals surface area contributed by atoms with Gasteiger partial charge in [0.05, 0.1) is 0 Å². The van der Waals surface area contributed by atoms with E-state index >= 15 is 0 Å². The molecule has 1 aromatic rings. The molecule has 1 aromatic heterocycles. The monoisotopic (exact) mass is 167 g/mol. The van der Waals surface area contributed by atoms with Crippen LogP contribution in [0.4, 0.5) is 0 Å². The lowest BCUT2D eigenvalue weighted by Crippen LogP contribution is -2.43. The van der Waals surface area contributed by atoms with Gasteiger partial charge in [0, 0.05) is 25.5 Å². The molecule has 1 fully saturated rings. The van der Waals surface area contributed by atoms with E-state index in [9.17, 15) is 0 Å². The van der Waals surface area contributed by atoms with Crippen molar-refractivity contribution in [2.24, 2.45) is 0 Å². The summed E-state index contributed by atoms with van der Waals surface area (Å²) in [5.41, 5.74) is 0. The molecular weight excluding hydrogens is 158 g/mol. The lowest BCUT2D eigenvalue weighted by molar-refractivity contribution is 0.297. The van der Waals surface area contributed by atoms with Crippen LogP contribution < -0.4 is 0 Å². The van der Waals surface area contributed by atoms with Crippen LogP contribution in [-0.4, -0.2) is 32.7 Å². The van der Waals surface area contributed by atoms with E-state index in [0.29, 0.717) is 0 Å². The maximum Gasteiger partial charge on any atom is 0.181 e. The first-order valence-corrected chi connectivity index (χ1v) is 4.06. The molecule has 0 radical (unpaired) electrons. The summed E-state index contributed by atoms with van der Waals surface area (Å²) in [5.74, 6) is 0. The smallest absolute Gasteiger partial charge is 0.181 e. The second kappa shape index (κ2) is 2.62. The van der Waals surface area contributed by atoms with Crippen molar-refractivity contribution in [3.8, 4) is 0 Å². The maximum absolute atomic E-state index is 5.20. The Labute approximate surface area is 70.6 Å². The Morgan fingerprint density at radius 3 is 2.73 bits per heavy atom. The predicted octanol–water partition coefficient (Wildman–Crippen LogP) is 0.722. The number of imidazole rings is 1. The van der Waals surface area contributed by atoms with Gasteiger partial charge in [-0.2, -0.15) is 0 Å². The highest BCUT2D eigenvalue weighted by molar-refractivity contribution is 7.80. The van der Waals surface area contributed by atoms with Gasteiger partial charge in [0.25, 0.3) is 0 Å². The van der Waals surface area contributed by atoms with Gasteiger partial charge in [-0.3, -0.25) is 4.57 Å². The van der Waals surface area contributed by atoms with Crippen molar-refractivity contribution in [1.82, 2.24) is 14.5 Å². The van der Waals surface area contributed by atoms with Crippen LogP contribution in [0.15, 0.2) is 18.7 Å². The number of nitrogens with zero attached hydrogens (tertiary/aromatic N) is 3. The predicted molar refractivity (Wildman–Crippen MR) is 46.4 cm³/mol. The first-order valence-electron chi connectivity index (χ1n) is 3.65. The molecule has 1 aliphatic rings. The number of aromatic nitrogens is 2. The van der Waals surface area contributed by atoms with Crippen LogP contribution in [0, 0.1) is 0 Å². The maximum atomic E-state index is 5.20. The van der Waals surface area contributed by atoms with E-state index in [0.717, 1.165) is 18.2 Å². The number of rotatable bonds is 0. The molecular formula is C7H9N3S. The standard InChI is InChI=1S/C7H9N3S/c11-7(9-3-1-4-9)10-5-2-8-6-10/h2,5-6H,1,3-4H2. The molecule has 0 aromatic carbocycles. The van der Waals surface area contributed by atoms with Gasteiger partial charge in [-0.1, -0.05) is 0 Å². The number of hydrogen-bond donors (Lipinski definition) is 0. The fourth-order valence-electron chi connectivity index (χ4n) is 1.04. The van der Waals surface area contributed by atoms with Gasteiger partial charge in [-0.15, -0.1) is 0 Å². The summed E-state index contributed by atoms with van der Waals surface area (Å²) < 4.78 is 1.87. The van der Waals surface area contributed by atoms with Crippen molar-refractivity contribution >= 4 is 17.3 Å². The summed E-state index contributed by atoms with van der Waals surface area (Å²) >= 11 is 5.20. The molecule has 2 heterocycles. The zero-order valence-electron chi connectivity index (χ0n) is 6.10. The lowest BCUT2D eigenvalue weighted by Gasteiger charge is -2.33. The molecule has 0 atom stereocenters. The molecule has 1 aliphatic heterocycles. The fraction of sp³-hybridized carbons (Fsp3) is 0.429. The Morgan fingerprint density at radius 1 is 1.45 bits per heavy atom. The molecule has 58 valence electrons. The number of likely N-dealkylation sites (tertiary alicyclic amines) is 1. The van der Waals surface area contributed by atoms with Gasteiger partial charge in [0.15, 0.2) is 5.11 Å². The van der Waals surface area contributed by atoms with Crippen molar-refractivity contribution < 1.29 is 0 Å². The van der Waals surface area contributed by atoms with Crippen molar-refractivity contribution in [3.63, 3.8) is 0 Å². The second-order valence-corrected chi connectivity index (χ2v) is 2.96. The van der Waals surface area contributed by atoms with E-state index in [1.165, 1.54) is 6.42 Å². The molecule has 0 bridgehead atoms. The molecule has 0 N–H and O–H groups in total. The topological polar surface area (TPSA) is 21.1 Å². The summed E-state index contributed by atoms with van der Waals surface area (Å²) in [6.45, 7) is 2.19. The number of thiocarbonyl (C=S) groups is 1. The minimum absolute atomic E-state index is 0.869. The summed E-state index contributed by atoms with van der Waals surface area (Å²) in [4.78, 5) is 6.10. The van der Waals surface area contributed by atoms with E-state index in [2.05, 4.69) is 9.88 Å². The average Bonchev–Trinajstić information content (AvgIpc) is 2.32. The first kappa shape index (κ1) is 6.79. The van der Waals surface area contributed by atoms with Crippen LogP contribution in [-0.2, 0) is 0 Å². The SMILES string of the molecule is S=C(N1CCC1)n1ccnc1. The van der Waals surface area contributed by atoms with E-state index < -0.39 is 0 Å². The minimum atomic E-state index is 0.869. The Morgan fingerprint density at radius 2 is 2.27 bits per heavy atom. The minimum Gasteiger partial charge on any atom is -0.348 e. The Hall–Kier alpha value is -0.900. The number of hydrogen-bond acceptors (Lipinski definition) is 2. The molecule has 0 amide bonds. The molecule has 4 heteroatoms. The van der Waals surface area contributed by atoms with E-state index in [1.807, 2.05) is 10.8 Å². The lowest BCUT2D eigenvalue weighted by atomic mass is 10.2. The molecule has 1 saturated heterocycles. The van der Waals surface area contributed by atoms with E-state index in [-0.39, 0.29) is 0 Å². The normalized spacial score (nSPS) is 16.2. The highest BCUT2D eigenvalue weighted by Gasteiger charge is 2.17. The van der Waals surface area contributed by atoms with Gasteiger partial charge in [0.1, 0.15) is 6.33 Å². The van der Waals surface area contributed by atoms with Crippen molar-refractivity contribution in [2.75, 3.05) is 13.1 Å². The Kier molecular flexibility index (Phi) is 1.62. The third-order valence-electron chi connectivity index (χ3n) is 1.85. The van der Waals surface area contributed by atoms with Crippen molar-refractivity contribution in [2.45, 2.75) is 6.42 Å². The molecule has 0 saturated carbocycles. The van der Waals surface area contributed by atoms with Crippen LogP contribution in [0.5, 0.6) is 0 Å².